The number of carbonyl (C=O) groups is 1. The Bertz CT molecular complexity index is 1050. The summed E-state index contributed by atoms with van der Waals surface area (Å²) in [6, 6.07) is 7.62. The molecule has 4 heterocycles. The predicted molar refractivity (Wildman–Crippen MR) is 109 cm³/mol. The van der Waals surface area contributed by atoms with E-state index in [4.69, 9.17) is 14.2 Å². The summed E-state index contributed by atoms with van der Waals surface area (Å²) in [6.45, 7) is 5.00. The molecule has 0 bridgehead atoms. The third kappa shape index (κ3) is 3.26. The summed E-state index contributed by atoms with van der Waals surface area (Å²) in [4.78, 5) is 30.5. The molecule has 2 saturated heterocycles. The van der Waals surface area contributed by atoms with E-state index in [1.807, 2.05) is 31.2 Å². The van der Waals surface area contributed by atoms with Crippen LogP contribution in [0.2, 0.25) is 0 Å². The molecule has 2 aromatic rings. The molecule has 5 rings (SSSR count). The van der Waals surface area contributed by atoms with Gasteiger partial charge in [-0.1, -0.05) is 6.07 Å². The number of aromatic nitrogens is 1. The van der Waals surface area contributed by atoms with Crippen molar-refractivity contribution >= 4 is 5.91 Å². The van der Waals surface area contributed by atoms with Crippen molar-refractivity contribution < 1.29 is 19.0 Å². The van der Waals surface area contributed by atoms with Gasteiger partial charge in [-0.05, 0) is 43.3 Å². The summed E-state index contributed by atoms with van der Waals surface area (Å²) < 4.78 is 18.2. The molecule has 0 aliphatic carbocycles. The Morgan fingerprint density at radius 2 is 2.00 bits per heavy atom. The van der Waals surface area contributed by atoms with Crippen molar-refractivity contribution in [3.8, 4) is 11.5 Å². The largest absolute Gasteiger partial charge is 0.454 e. The number of fused-ring (bicyclic) bond motifs is 2. The molecule has 8 heteroatoms. The second-order valence-electron chi connectivity index (χ2n) is 8.16. The highest BCUT2D eigenvalue weighted by atomic mass is 16.7. The molecule has 1 aromatic carbocycles. The first kappa shape index (κ1) is 19.1. The number of morpholine rings is 1. The topological polar surface area (TPSA) is 73.2 Å². The minimum absolute atomic E-state index is 0.00702. The maximum atomic E-state index is 13.3. The van der Waals surface area contributed by atoms with E-state index in [-0.39, 0.29) is 36.0 Å². The molecule has 1 amide bonds. The van der Waals surface area contributed by atoms with E-state index in [9.17, 15) is 9.59 Å². The number of aryl methyl sites for hydroxylation is 1. The first-order valence-electron chi connectivity index (χ1n) is 10.2. The number of nitrogens with zero attached hydrogens (tertiary/aromatic N) is 3. The van der Waals surface area contributed by atoms with Gasteiger partial charge in [0.1, 0.15) is 5.56 Å². The quantitative estimate of drug-likeness (QED) is 0.753. The zero-order chi connectivity index (χ0) is 20.8. The molecule has 0 N–H and O–H groups in total. The Morgan fingerprint density at radius 3 is 2.83 bits per heavy atom. The SMILES string of the molecule is Cc1ccn(Cc2ccc3c(c2)OCO3)c(=O)c1C(=O)N1C[C@@H]2OCCN(C)[C@H]2C1. The molecule has 8 nitrogen and oxygen atoms in total. The fourth-order valence-corrected chi connectivity index (χ4v) is 4.47. The number of ether oxygens (including phenoxy) is 3. The van der Waals surface area contributed by atoms with E-state index in [1.165, 1.54) is 0 Å². The van der Waals surface area contributed by atoms with Crippen LogP contribution in [-0.4, -0.2) is 72.5 Å². The van der Waals surface area contributed by atoms with E-state index in [0.29, 0.717) is 43.3 Å². The van der Waals surface area contributed by atoms with Crippen molar-refractivity contribution in [2.75, 3.05) is 40.1 Å². The number of likely N-dealkylation sites (tertiary alicyclic amines) is 1. The van der Waals surface area contributed by atoms with Gasteiger partial charge in [0.15, 0.2) is 11.5 Å². The van der Waals surface area contributed by atoms with Gasteiger partial charge in [0.05, 0.1) is 25.3 Å². The van der Waals surface area contributed by atoms with Crippen LogP contribution in [0.5, 0.6) is 11.5 Å². The Hall–Kier alpha value is -2.84. The fraction of sp³-hybridized carbons (Fsp3) is 0.455. The number of likely N-dealkylation sites (N-methyl/N-ethyl adjacent to an activating group) is 1. The molecule has 30 heavy (non-hydrogen) atoms. The molecule has 158 valence electrons. The summed E-state index contributed by atoms with van der Waals surface area (Å²) in [6.07, 6.45) is 1.74. The van der Waals surface area contributed by atoms with Gasteiger partial charge < -0.3 is 23.7 Å². The Labute approximate surface area is 174 Å². The van der Waals surface area contributed by atoms with Gasteiger partial charge in [-0.15, -0.1) is 0 Å². The lowest BCUT2D eigenvalue weighted by Gasteiger charge is -2.33. The third-order valence-electron chi connectivity index (χ3n) is 6.24. The van der Waals surface area contributed by atoms with Crippen molar-refractivity contribution in [2.45, 2.75) is 25.6 Å². The predicted octanol–water partition coefficient (Wildman–Crippen LogP) is 1.09. The summed E-state index contributed by atoms with van der Waals surface area (Å²) in [5.41, 5.74) is 1.56. The van der Waals surface area contributed by atoms with Crippen LogP contribution in [-0.2, 0) is 11.3 Å². The van der Waals surface area contributed by atoms with Gasteiger partial charge >= 0.3 is 0 Å². The minimum atomic E-state index is -0.276. The second-order valence-corrected chi connectivity index (χ2v) is 8.16. The first-order valence-corrected chi connectivity index (χ1v) is 10.2. The van der Waals surface area contributed by atoms with Gasteiger partial charge in [0.25, 0.3) is 11.5 Å². The zero-order valence-electron chi connectivity index (χ0n) is 17.2. The minimum Gasteiger partial charge on any atom is -0.454 e. The molecule has 0 spiro atoms. The molecule has 0 unspecified atom stereocenters. The molecule has 3 aliphatic heterocycles. The lowest BCUT2D eigenvalue weighted by Crippen LogP contribution is -2.48. The van der Waals surface area contributed by atoms with Crippen LogP contribution in [0.25, 0.3) is 0 Å². The van der Waals surface area contributed by atoms with E-state index in [0.717, 1.165) is 12.1 Å². The molecule has 0 radical (unpaired) electrons. The van der Waals surface area contributed by atoms with Gasteiger partial charge in [-0.2, -0.15) is 0 Å². The summed E-state index contributed by atoms with van der Waals surface area (Å²) in [5, 5.41) is 0. The van der Waals surface area contributed by atoms with Crippen molar-refractivity contribution in [3.63, 3.8) is 0 Å². The fourth-order valence-electron chi connectivity index (χ4n) is 4.47. The standard InChI is InChI=1S/C22H25N3O5/c1-14-5-6-24(10-15-3-4-17-18(9-15)30-13-29-17)21(26)20(14)22(27)25-11-16-19(12-25)28-8-7-23(16)2/h3-6,9,16,19H,7-8,10-13H2,1-2H3/t16-,19-/m0/s1. The van der Waals surface area contributed by atoms with Gasteiger partial charge in [0.2, 0.25) is 6.79 Å². The summed E-state index contributed by atoms with van der Waals surface area (Å²) >= 11 is 0. The number of hydrogen-bond donors (Lipinski definition) is 0. The monoisotopic (exact) mass is 411 g/mol. The number of pyridine rings is 1. The molecular formula is C22H25N3O5. The maximum absolute atomic E-state index is 13.3. The van der Waals surface area contributed by atoms with Crippen LogP contribution in [0.1, 0.15) is 21.5 Å². The smallest absolute Gasteiger partial charge is 0.263 e. The van der Waals surface area contributed by atoms with Crippen molar-refractivity contribution in [3.05, 3.63) is 57.5 Å². The van der Waals surface area contributed by atoms with Crippen LogP contribution in [0, 0.1) is 6.92 Å². The molecule has 2 atom stereocenters. The zero-order valence-corrected chi connectivity index (χ0v) is 17.2. The highest BCUT2D eigenvalue weighted by Crippen LogP contribution is 2.32. The lowest BCUT2D eigenvalue weighted by molar-refractivity contribution is -0.0368. The van der Waals surface area contributed by atoms with Crippen LogP contribution in [0.3, 0.4) is 0 Å². The third-order valence-corrected chi connectivity index (χ3v) is 6.24. The molecule has 3 aliphatic rings. The van der Waals surface area contributed by atoms with Crippen molar-refractivity contribution in [2.24, 2.45) is 0 Å². The van der Waals surface area contributed by atoms with Crippen LogP contribution >= 0.6 is 0 Å². The van der Waals surface area contributed by atoms with E-state index in [1.54, 1.807) is 15.7 Å². The van der Waals surface area contributed by atoms with Crippen molar-refractivity contribution in [1.29, 1.82) is 0 Å². The average Bonchev–Trinajstić information content (AvgIpc) is 3.37. The van der Waals surface area contributed by atoms with E-state index in [2.05, 4.69) is 11.9 Å². The molecule has 2 fully saturated rings. The number of benzene rings is 1. The van der Waals surface area contributed by atoms with Gasteiger partial charge in [-0.3, -0.25) is 14.5 Å². The van der Waals surface area contributed by atoms with Crippen LogP contribution in [0.4, 0.5) is 0 Å². The number of rotatable bonds is 3. The normalized spacial score (nSPS) is 22.9. The molecular weight excluding hydrogens is 386 g/mol. The van der Waals surface area contributed by atoms with Gasteiger partial charge in [-0.25, -0.2) is 0 Å². The summed E-state index contributed by atoms with van der Waals surface area (Å²) in [5.74, 6) is 1.16. The van der Waals surface area contributed by atoms with Crippen molar-refractivity contribution in [1.82, 2.24) is 14.4 Å². The van der Waals surface area contributed by atoms with Crippen LogP contribution < -0.4 is 15.0 Å². The number of carbonyl (C=O) groups excluding carboxylic acids is 1. The van der Waals surface area contributed by atoms with E-state index < -0.39 is 0 Å². The highest BCUT2D eigenvalue weighted by Gasteiger charge is 2.41. The first-order chi connectivity index (χ1) is 14.5. The lowest BCUT2D eigenvalue weighted by atomic mass is 10.1. The Morgan fingerprint density at radius 1 is 1.17 bits per heavy atom. The van der Waals surface area contributed by atoms with Gasteiger partial charge in [0, 0.05) is 25.8 Å². The second kappa shape index (κ2) is 7.45. The van der Waals surface area contributed by atoms with E-state index >= 15 is 0 Å². The molecule has 1 aromatic heterocycles. The highest BCUT2D eigenvalue weighted by molar-refractivity contribution is 5.95. The van der Waals surface area contributed by atoms with Crippen LogP contribution in [0.15, 0.2) is 35.3 Å². The maximum Gasteiger partial charge on any atom is 0.263 e. The number of amides is 1. The average molecular weight is 411 g/mol. The molecule has 0 saturated carbocycles. The summed E-state index contributed by atoms with van der Waals surface area (Å²) in [7, 11) is 2.06. The Kier molecular flexibility index (Phi) is 4.75. The Balaban J connectivity index is 1.40. The number of hydrogen-bond acceptors (Lipinski definition) is 6.